The lowest BCUT2D eigenvalue weighted by Gasteiger charge is -2.32. The van der Waals surface area contributed by atoms with Crippen molar-refractivity contribution in [1.82, 2.24) is 19.1 Å². The molecule has 1 fully saturated rings. The maximum atomic E-state index is 14.0. The molecular formula is C31H37FN4O3S. The standard InChI is InChI=1S/C31H37FN4O3S/c1-31(2,3)40(39)36-20-24-19-26(30(38)35-14-12-34(4)13-15-35)33-29(28(24)27(36)11-16-37)23-9-5-7-21(17-23)22-8-6-10-25(32)18-22/h5-10,17-19,27,37H,11-16,20H2,1-4H3/t27-,40-/m1/s1. The first-order valence-electron chi connectivity index (χ1n) is 13.7. The van der Waals surface area contributed by atoms with Crippen LogP contribution in [0.15, 0.2) is 54.6 Å². The molecule has 2 aliphatic heterocycles. The van der Waals surface area contributed by atoms with Crippen molar-refractivity contribution < 1.29 is 18.5 Å². The summed E-state index contributed by atoms with van der Waals surface area (Å²) in [6.45, 7) is 8.99. The summed E-state index contributed by atoms with van der Waals surface area (Å²) in [6.07, 6.45) is 0.388. The average molecular weight is 565 g/mol. The number of aliphatic hydroxyl groups is 1. The molecule has 1 N–H and O–H groups in total. The number of rotatable bonds is 6. The molecule has 1 aromatic heterocycles. The van der Waals surface area contributed by atoms with Crippen molar-refractivity contribution in [2.75, 3.05) is 39.8 Å². The van der Waals surface area contributed by atoms with Gasteiger partial charge in [0.05, 0.1) is 16.5 Å². The van der Waals surface area contributed by atoms with E-state index in [0.717, 1.165) is 40.9 Å². The van der Waals surface area contributed by atoms with Crippen LogP contribution in [0, 0.1) is 5.82 Å². The van der Waals surface area contributed by atoms with Gasteiger partial charge in [0.25, 0.3) is 5.91 Å². The molecule has 5 rings (SSSR count). The Kier molecular flexibility index (Phi) is 8.20. The number of amides is 1. The van der Waals surface area contributed by atoms with Crippen LogP contribution in [0.4, 0.5) is 4.39 Å². The Balaban J connectivity index is 1.65. The smallest absolute Gasteiger partial charge is 0.272 e. The van der Waals surface area contributed by atoms with E-state index in [4.69, 9.17) is 4.98 Å². The summed E-state index contributed by atoms with van der Waals surface area (Å²) in [5.74, 6) is -0.433. The molecule has 1 saturated heterocycles. The number of carbonyl (C=O) groups is 1. The van der Waals surface area contributed by atoms with Crippen LogP contribution in [0.3, 0.4) is 0 Å². The quantitative estimate of drug-likeness (QED) is 0.472. The summed E-state index contributed by atoms with van der Waals surface area (Å²) in [4.78, 5) is 22.7. The normalized spacial score (nSPS) is 19.1. The fourth-order valence-corrected chi connectivity index (χ4v) is 6.89. The van der Waals surface area contributed by atoms with E-state index in [1.165, 1.54) is 12.1 Å². The van der Waals surface area contributed by atoms with Crippen molar-refractivity contribution in [3.63, 3.8) is 0 Å². The van der Waals surface area contributed by atoms with Gasteiger partial charge >= 0.3 is 0 Å². The van der Waals surface area contributed by atoms with E-state index in [0.29, 0.717) is 37.4 Å². The van der Waals surface area contributed by atoms with Crippen molar-refractivity contribution in [2.45, 2.75) is 44.5 Å². The van der Waals surface area contributed by atoms with Crippen LogP contribution in [0.5, 0.6) is 0 Å². The molecule has 2 aliphatic rings. The number of aromatic nitrogens is 1. The molecule has 1 amide bonds. The van der Waals surface area contributed by atoms with Crippen LogP contribution >= 0.6 is 0 Å². The summed E-state index contributed by atoms with van der Waals surface area (Å²) in [5.41, 5.74) is 5.14. The topological polar surface area (TPSA) is 77.0 Å². The molecule has 0 spiro atoms. The molecule has 0 bridgehead atoms. The van der Waals surface area contributed by atoms with Crippen molar-refractivity contribution in [3.8, 4) is 22.4 Å². The maximum absolute atomic E-state index is 14.0. The van der Waals surface area contributed by atoms with Gasteiger partial charge < -0.3 is 14.9 Å². The van der Waals surface area contributed by atoms with E-state index in [1.807, 2.05) is 73.4 Å². The molecule has 7 nitrogen and oxygen atoms in total. The minimum Gasteiger partial charge on any atom is -0.396 e. The lowest BCUT2D eigenvalue weighted by Crippen LogP contribution is -2.47. The third-order valence-corrected chi connectivity index (χ3v) is 9.45. The Morgan fingerprint density at radius 3 is 2.33 bits per heavy atom. The molecule has 0 radical (unpaired) electrons. The minimum absolute atomic E-state index is 0.0767. The molecule has 0 unspecified atom stereocenters. The second-order valence-corrected chi connectivity index (χ2v) is 13.8. The van der Waals surface area contributed by atoms with E-state index in [2.05, 4.69) is 4.90 Å². The van der Waals surface area contributed by atoms with Crippen LogP contribution in [-0.2, 0) is 17.5 Å². The number of hydrogen-bond donors (Lipinski definition) is 1. The van der Waals surface area contributed by atoms with Crippen LogP contribution in [0.2, 0.25) is 0 Å². The van der Waals surface area contributed by atoms with Crippen molar-refractivity contribution in [1.29, 1.82) is 0 Å². The molecule has 40 heavy (non-hydrogen) atoms. The molecule has 212 valence electrons. The summed E-state index contributed by atoms with van der Waals surface area (Å²) in [7, 11) is 0.700. The van der Waals surface area contributed by atoms with Gasteiger partial charge in [0, 0.05) is 50.5 Å². The maximum Gasteiger partial charge on any atom is 0.272 e. The SMILES string of the molecule is CN1CCN(C(=O)c2cc3c(c(-c4cccc(-c5cccc(F)c5)c4)n2)[C@@H](CCO)N([S@](=O)C(C)(C)C)C3)CC1. The molecule has 0 saturated carbocycles. The number of fused-ring (bicyclic) bond motifs is 1. The largest absolute Gasteiger partial charge is 0.396 e. The average Bonchev–Trinajstić information content (AvgIpc) is 3.30. The predicted octanol–water partition coefficient (Wildman–Crippen LogP) is 4.64. The van der Waals surface area contributed by atoms with Gasteiger partial charge in [-0.25, -0.2) is 17.9 Å². The lowest BCUT2D eigenvalue weighted by atomic mass is 9.94. The first-order valence-corrected chi connectivity index (χ1v) is 14.8. The van der Waals surface area contributed by atoms with Crippen molar-refractivity contribution in [2.24, 2.45) is 0 Å². The number of nitrogens with zero attached hydrogens (tertiary/aromatic N) is 4. The first kappa shape index (κ1) is 28.5. The molecule has 3 aromatic rings. The molecule has 9 heteroatoms. The Morgan fingerprint density at radius 2 is 1.68 bits per heavy atom. The van der Waals surface area contributed by atoms with Gasteiger partial charge in [-0.3, -0.25) is 4.79 Å². The van der Waals surface area contributed by atoms with Gasteiger partial charge in [0.1, 0.15) is 22.5 Å². The summed E-state index contributed by atoms with van der Waals surface area (Å²) < 4.78 is 29.1. The van der Waals surface area contributed by atoms with E-state index >= 15 is 0 Å². The highest BCUT2D eigenvalue weighted by Gasteiger charge is 2.40. The zero-order valence-corrected chi connectivity index (χ0v) is 24.4. The number of piperazine rings is 1. The number of halogens is 1. The van der Waals surface area contributed by atoms with Gasteiger partial charge in [0.15, 0.2) is 0 Å². The van der Waals surface area contributed by atoms with Crippen LogP contribution in [0.25, 0.3) is 22.4 Å². The van der Waals surface area contributed by atoms with Gasteiger partial charge in [-0.05, 0) is 75.2 Å². The van der Waals surface area contributed by atoms with Gasteiger partial charge in [-0.1, -0.05) is 30.3 Å². The number of carbonyl (C=O) groups excluding carboxylic acids is 1. The molecule has 2 atom stereocenters. The third kappa shape index (κ3) is 5.74. The van der Waals surface area contributed by atoms with Crippen LogP contribution in [0.1, 0.15) is 54.8 Å². The Morgan fingerprint density at radius 1 is 1.02 bits per heavy atom. The van der Waals surface area contributed by atoms with E-state index < -0.39 is 15.7 Å². The molecule has 3 heterocycles. The van der Waals surface area contributed by atoms with Crippen LogP contribution < -0.4 is 0 Å². The molecule has 0 aliphatic carbocycles. The highest BCUT2D eigenvalue weighted by atomic mass is 32.2. The summed E-state index contributed by atoms with van der Waals surface area (Å²) in [5, 5.41) is 10.0. The summed E-state index contributed by atoms with van der Waals surface area (Å²) in [6, 6.07) is 15.7. The molecule has 2 aromatic carbocycles. The Hall–Kier alpha value is -2.98. The van der Waals surface area contributed by atoms with Crippen molar-refractivity contribution in [3.05, 3.63) is 77.2 Å². The highest BCUT2D eigenvalue weighted by Crippen LogP contribution is 2.44. The number of pyridine rings is 1. The van der Waals surface area contributed by atoms with Gasteiger partial charge in [0.2, 0.25) is 0 Å². The second-order valence-electron chi connectivity index (χ2n) is 11.6. The Labute approximate surface area is 238 Å². The second kappa shape index (κ2) is 11.5. The van der Waals surface area contributed by atoms with Gasteiger partial charge in [-0.2, -0.15) is 0 Å². The van der Waals surface area contributed by atoms with Crippen molar-refractivity contribution >= 4 is 16.9 Å². The van der Waals surface area contributed by atoms with E-state index in [9.17, 15) is 18.5 Å². The summed E-state index contributed by atoms with van der Waals surface area (Å²) >= 11 is 0. The number of likely N-dealkylation sites (N-methyl/N-ethyl adjacent to an activating group) is 1. The zero-order valence-electron chi connectivity index (χ0n) is 23.6. The predicted molar refractivity (Wildman–Crippen MR) is 156 cm³/mol. The fraction of sp³-hybridized carbons (Fsp3) is 0.419. The Bertz CT molecular complexity index is 1430. The first-order chi connectivity index (χ1) is 19.1. The van der Waals surface area contributed by atoms with Gasteiger partial charge in [-0.15, -0.1) is 0 Å². The van der Waals surface area contributed by atoms with E-state index in [-0.39, 0.29) is 24.4 Å². The lowest BCUT2D eigenvalue weighted by molar-refractivity contribution is 0.0658. The van der Waals surface area contributed by atoms with Crippen LogP contribution in [-0.4, -0.2) is 78.9 Å². The number of benzene rings is 2. The molecular weight excluding hydrogens is 527 g/mol. The number of hydrogen-bond acceptors (Lipinski definition) is 5. The highest BCUT2D eigenvalue weighted by molar-refractivity contribution is 7.84. The minimum atomic E-state index is -1.35. The fourth-order valence-electron chi connectivity index (χ4n) is 5.48. The zero-order chi connectivity index (χ0) is 28.6. The van der Waals surface area contributed by atoms with E-state index in [1.54, 1.807) is 6.07 Å². The third-order valence-electron chi connectivity index (χ3n) is 7.59. The number of aliphatic hydroxyl groups excluding tert-OH is 1. The monoisotopic (exact) mass is 564 g/mol.